The van der Waals surface area contributed by atoms with Crippen molar-refractivity contribution in [2.75, 3.05) is 14.2 Å². The van der Waals surface area contributed by atoms with Crippen LogP contribution in [0, 0.1) is 11.6 Å². The number of hydrogen-bond donors (Lipinski definition) is 1. The van der Waals surface area contributed by atoms with Gasteiger partial charge in [-0.05, 0) is 68.6 Å². The molecule has 0 aliphatic heterocycles. The number of aromatic nitrogens is 1. The highest BCUT2D eigenvalue weighted by Gasteiger charge is 2.33. The molecule has 9 heteroatoms. The summed E-state index contributed by atoms with van der Waals surface area (Å²) in [5, 5.41) is 3.23. The van der Waals surface area contributed by atoms with E-state index in [0.717, 1.165) is 65.8 Å². The zero-order valence-corrected chi connectivity index (χ0v) is 22.7. The summed E-state index contributed by atoms with van der Waals surface area (Å²) < 4.78 is 34.8. The van der Waals surface area contributed by atoms with Crippen LogP contribution >= 0.6 is 22.9 Å². The van der Waals surface area contributed by atoms with E-state index in [2.05, 4.69) is 10.3 Å². The predicted molar refractivity (Wildman–Crippen MR) is 148 cm³/mol. The molecule has 4 aromatic rings. The van der Waals surface area contributed by atoms with Crippen molar-refractivity contribution in [2.24, 2.45) is 0 Å². The number of carbonyl (C=O) groups is 1. The summed E-state index contributed by atoms with van der Waals surface area (Å²) in [6, 6.07) is 12.1. The van der Waals surface area contributed by atoms with Crippen molar-refractivity contribution < 1.29 is 18.3 Å². The number of ether oxygens (including phenoxy) is 1. The topological polar surface area (TPSA) is 54.5 Å². The van der Waals surface area contributed by atoms with Gasteiger partial charge >= 0.3 is 0 Å². The quantitative estimate of drug-likeness (QED) is 0.265. The Morgan fingerprint density at radius 3 is 2.55 bits per heavy atom. The average Bonchev–Trinajstić information content (AvgIpc) is 3.32. The predicted octanol–water partition coefficient (Wildman–Crippen LogP) is 7.08. The van der Waals surface area contributed by atoms with E-state index in [1.165, 1.54) is 0 Å². The standard InChI is InChI=1S/C29H28ClF2N3O2S/c1-33-20-6-8-21(9-7-20)35(29(36)28-26(30)25-22(31)10-11-23(32)27(25)38-28)16-19-14-17(5-12-24(19)37-2)18-4-3-13-34-15-18/h3-5,10-15,20-21,33H,6-9,16H2,1-2H3/t20-,21-. The summed E-state index contributed by atoms with van der Waals surface area (Å²) in [5.41, 5.74) is 2.72. The van der Waals surface area contributed by atoms with Gasteiger partial charge in [0.2, 0.25) is 0 Å². The van der Waals surface area contributed by atoms with E-state index in [9.17, 15) is 13.6 Å². The lowest BCUT2D eigenvalue weighted by atomic mass is 9.89. The van der Waals surface area contributed by atoms with Crippen molar-refractivity contribution >= 4 is 38.9 Å². The summed E-state index contributed by atoms with van der Waals surface area (Å²) in [6.07, 6.45) is 6.94. The molecule has 5 nitrogen and oxygen atoms in total. The molecule has 0 atom stereocenters. The first-order chi connectivity index (χ1) is 18.4. The van der Waals surface area contributed by atoms with E-state index in [-0.39, 0.29) is 38.5 Å². The fraction of sp³-hybridized carbons (Fsp3) is 0.310. The molecule has 2 aromatic heterocycles. The maximum Gasteiger partial charge on any atom is 0.266 e. The number of methoxy groups -OCH3 is 1. The maximum atomic E-state index is 14.6. The number of benzene rings is 2. The largest absolute Gasteiger partial charge is 0.496 e. The van der Waals surface area contributed by atoms with E-state index in [1.807, 2.05) is 37.4 Å². The van der Waals surface area contributed by atoms with Gasteiger partial charge in [0, 0.05) is 42.1 Å². The molecule has 1 aliphatic rings. The normalized spacial score (nSPS) is 17.5. The van der Waals surface area contributed by atoms with Crippen LogP contribution in [0.3, 0.4) is 0 Å². The number of thiophene rings is 1. The number of nitrogens with zero attached hydrogens (tertiary/aromatic N) is 2. The van der Waals surface area contributed by atoms with Gasteiger partial charge in [-0.2, -0.15) is 0 Å². The molecule has 0 saturated heterocycles. The van der Waals surface area contributed by atoms with Crippen molar-refractivity contribution in [3.63, 3.8) is 0 Å². The van der Waals surface area contributed by atoms with Gasteiger partial charge in [-0.3, -0.25) is 9.78 Å². The molecule has 38 heavy (non-hydrogen) atoms. The van der Waals surface area contributed by atoms with Crippen LogP contribution in [0.25, 0.3) is 21.2 Å². The number of amides is 1. The number of rotatable bonds is 7. The number of nitrogens with one attached hydrogen (secondary N) is 1. The van der Waals surface area contributed by atoms with E-state index in [0.29, 0.717) is 11.8 Å². The Hall–Kier alpha value is -3.07. The van der Waals surface area contributed by atoms with Crippen LogP contribution in [0.15, 0.2) is 54.9 Å². The minimum Gasteiger partial charge on any atom is -0.496 e. The molecule has 2 aromatic carbocycles. The monoisotopic (exact) mass is 555 g/mol. The summed E-state index contributed by atoms with van der Waals surface area (Å²) in [6.45, 7) is 0.264. The van der Waals surface area contributed by atoms with Crippen LogP contribution in [0.1, 0.15) is 40.9 Å². The average molecular weight is 556 g/mol. The molecule has 1 aliphatic carbocycles. The van der Waals surface area contributed by atoms with Gasteiger partial charge in [-0.25, -0.2) is 8.78 Å². The second-order valence-corrected chi connectivity index (χ2v) is 10.9. The van der Waals surface area contributed by atoms with Crippen LogP contribution < -0.4 is 10.1 Å². The minimum atomic E-state index is -0.645. The van der Waals surface area contributed by atoms with E-state index in [4.69, 9.17) is 16.3 Å². The molecular weight excluding hydrogens is 528 g/mol. The fourth-order valence-corrected chi connectivity index (χ4v) is 6.71. The molecule has 198 valence electrons. The second kappa shape index (κ2) is 11.4. The molecule has 0 spiro atoms. The van der Waals surface area contributed by atoms with Crippen LogP contribution in [0.2, 0.25) is 5.02 Å². The molecule has 1 saturated carbocycles. The van der Waals surface area contributed by atoms with Gasteiger partial charge in [0.1, 0.15) is 22.3 Å². The van der Waals surface area contributed by atoms with E-state index in [1.54, 1.807) is 24.4 Å². The smallest absolute Gasteiger partial charge is 0.266 e. The van der Waals surface area contributed by atoms with Gasteiger partial charge < -0.3 is 15.0 Å². The summed E-state index contributed by atoms with van der Waals surface area (Å²) in [4.78, 5) is 20.3. The van der Waals surface area contributed by atoms with E-state index < -0.39 is 11.6 Å². The van der Waals surface area contributed by atoms with Crippen molar-refractivity contribution in [1.82, 2.24) is 15.2 Å². The third-order valence-electron chi connectivity index (χ3n) is 7.30. The van der Waals surface area contributed by atoms with Crippen LogP contribution in [-0.2, 0) is 6.54 Å². The summed E-state index contributed by atoms with van der Waals surface area (Å²) >= 11 is 7.44. The van der Waals surface area contributed by atoms with Crippen LogP contribution in [-0.4, -0.2) is 42.0 Å². The van der Waals surface area contributed by atoms with Gasteiger partial charge in [-0.15, -0.1) is 11.3 Å². The zero-order valence-electron chi connectivity index (χ0n) is 21.1. The fourth-order valence-electron chi connectivity index (χ4n) is 5.21. The van der Waals surface area contributed by atoms with E-state index >= 15 is 0 Å². The molecule has 1 N–H and O–H groups in total. The number of carbonyl (C=O) groups excluding carboxylic acids is 1. The highest BCUT2D eigenvalue weighted by Crippen LogP contribution is 2.40. The Morgan fingerprint density at radius 1 is 1.13 bits per heavy atom. The number of hydrogen-bond acceptors (Lipinski definition) is 5. The number of pyridine rings is 1. The molecule has 0 unspecified atom stereocenters. The first-order valence-electron chi connectivity index (χ1n) is 12.5. The lowest BCUT2D eigenvalue weighted by Gasteiger charge is -2.37. The Kier molecular flexibility index (Phi) is 7.93. The Morgan fingerprint density at radius 2 is 1.89 bits per heavy atom. The molecule has 0 radical (unpaired) electrons. The van der Waals surface area contributed by atoms with Gasteiger partial charge in [0.15, 0.2) is 0 Å². The van der Waals surface area contributed by atoms with Crippen molar-refractivity contribution in [2.45, 2.75) is 44.3 Å². The maximum absolute atomic E-state index is 14.6. The van der Waals surface area contributed by atoms with Gasteiger partial charge in [-0.1, -0.05) is 23.7 Å². The van der Waals surface area contributed by atoms with Crippen molar-refractivity contribution in [1.29, 1.82) is 0 Å². The Balaban J connectivity index is 1.56. The Labute approximate surface area is 229 Å². The minimum absolute atomic E-state index is 0.0445. The summed E-state index contributed by atoms with van der Waals surface area (Å²) in [5.74, 6) is -0.927. The molecule has 0 bridgehead atoms. The molecule has 5 rings (SSSR count). The molecule has 2 heterocycles. The van der Waals surface area contributed by atoms with Crippen LogP contribution in [0.5, 0.6) is 5.75 Å². The molecule has 1 fully saturated rings. The second-order valence-electron chi connectivity index (χ2n) is 9.47. The lowest BCUT2D eigenvalue weighted by molar-refractivity contribution is 0.0604. The summed E-state index contributed by atoms with van der Waals surface area (Å²) in [7, 11) is 3.55. The SMILES string of the molecule is CN[C@H]1CC[C@H](N(Cc2cc(-c3cccnc3)ccc2OC)C(=O)c2sc3c(F)ccc(F)c3c2Cl)CC1. The highest BCUT2D eigenvalue weighted by atomic mass is 35.5. The lowest BCUT2D eigenvalue weighted by Crippen LogP contribution is -2.44. The first-order valence-corrected chi connectivity index (χ1v) is 13.7. The van der Waals surface area contributed by atoms with Crippen molar-refractivity contribution in [3.8, 4) is 16.9 Å². The first kappa shape index (κ1) is 26.5. The molecular formula is C29H28ClF2N3O2S. The van der Waals surface area contributed by atoms with Crippen molar-refractivity contribution in [3.05, 3.63) is 82.0 Å². The van der Waals surface area contributed by atoms with Gasteiger partial charge in [0.05, 0.1) is 22.2 Å². The number of halogens is 3. The Bertz CT molecular complexity index is 1460. The van der Waals surface area contributed by atoms with Gasteiger partial charge in [0.25, 0.3) is 5.91 Å². The number of fused-ring (bicyclic) bond motifs is 1. The molecule has 1 amide bonds. The zero-order chi connectivity index (χ0) is 26.8. The van der Waals surface area contributed by atoms with Crippen LogP contribution in [0.4, 0.5) is 8.78 Å². The third kappa shape index (κ3) is 5.13. The third-order valence-corrected chi connectivity index (χ3v) is 8.97. The highest BCUT2D eigenvalue weighted by molar-refractivity contribution is 7.21.